The van der Waals surface area contributed by atoms with Gasteiger partial charge in [0.25, 0.3) is 0 Å². The van der Waals surface area contributed by atoms with Gasteiger partial charge in [0.1, 0.15) is 23.0 Å². The third kappa shape index (κ3) is 4.98. The van der Waals surface area contributed by atoms with Crippen LogP contribution in [0.3, 0.4) is 0 Å². The SMILES string of the molecule is C1=CC2Oc3ccc(-c4ccccc4N(c4ccc5c(c4)C4(C6=CCCCC6c6ccccc64)c4ccccc4-5)c4ccccc4-c4ccc5oc6ccccc6c5c4)cc3C2C=C1. The van der Waals surface area contributed by atoms with Crippen LogP contribution in [0.2, 0.25) is 0 Å². The molecule has 304 valence electrons. The average molecular weight is 822 g/mol. The van der Waals surface area contributed by atoms with Crippen LogP contribution in [0.4, 0.5) is 17.1 Å². The number of furan rings is 1. The van der Waals surface area contributed by atoms with E-state index in [9.17, 15) is 0 Å². The fourth-order valence-electron chi connectivity index (χ4n) is 12.3. The number of fused-ring (bicyclic) bond motifs is 16. The molecule has 0 amide bonds. The lowest BCUT2D eigenvalue weighted by molar-refractivity contribution is 0.269. The summed E-state index contributed by atoms with van der Waals surface area (Å²) in [7, 11) is 0. The van der Waals surface area contributed by atoms with E-state index in [1.165, 1.54) is 57.3 Å². The van der Waals surface area contributed by atoms with Gasteiger partial charge in [-0.25, -0.2) is 0 Å². The van der Waals surface area contributed by atoms with Gasteiger partial charge in [-0.05, 0) is 130 Å². The molecule has 8 aromatic carbocycles. The summed E-state index contributed by atoms with van der Waals surface area (Å²) in [5, 5.41) is 2.24. The summed E-state index contributed by atoms with van der Waals surface area (Å²) in [6, 6.07) is 65.5. The van der Waals surface area contributed by atoms with Crippen LogP contribution < -0.4 is 9.64 Å². The Bertz CT molecular complexity index is 3510. The molecular formula is C61H43NO2. The van der Waals surface area contributed by atoms with E-state index in [1.54, 1.807) is 5.57 Å². The molecule has 1 aliphatic heterocycles. The molecule has 0 bridgehead atoms. The number of allylic oxidation sites excluding steroid dienone is 4. The van der Waals surface area contributed by atoms with Gasteiger partial charge in [0.2, 0.25) is 0 Å². The standard InChI is InChI=1S/C61H43NO2/c1-8-22-51-43(17-1)44-18-2-9-23-52(44)61(51)53-24-10-3-19-45(53)46-32-31-40(37-54(46)61)62(55-25-11-4-15-41(55)38-29-33-59-49(35-38)47-20-6-13-27-57(47)63-59)56-26-12-5-16-42(56)39-30-34-60-50(36-39)48-21-7-14-28-58(48)64-60/h1,3-8,10-17,19-37,44,47,57H,2,9,18H2. The fraction of sp³-hybridized carbons (Fsp3) is 0.115. The molecular weight excluding hydrogens is 779 g/mol. The van der Waals surface area contributed by atoms with E-state index in [-0.39, 0.29) is 17.4 Å². The van der Waals surface area contributed by atoms with Crippen molar-refractivity contribution in [3.63, 3.8) is 0 Å². The molecule has 3 heteroatoms. The number of hydrogen-bond donors (Lipinski definition) is 0. The smallest absolute Gasteiger partial charge is 0.135 e. The van der Waals surface area contributed by atoms with Crippen molar-refractivity contribution in [3.05, 3.63) is 240 Å². The Balaban J connectivity index is 1.02. The van der Waals surface area contributed by atoms with Crippen LogP contribution in [-0.4, -0.2) is 6.10 Å². The molecule has 2 heterocycles. The maximum atomic E-state index is 6.45. The highest BCUT2D eigenvalue weighted by molar-refractivity contribution is 6.07. The van der Waals surface area contributed by atoms with E-state index in [0.717, 1.165) is 67.9 Å². The fourth-order valence-corrected chi connectivity index (χ4v) is 12.3. The maximum Gasteiger partial charge on any atom is 0.135 e. The van der Waals surface area contributed by atoms with E-state index < -0.39 is 0 Å². The highest BCUT2D eigenvalue weighted by Gasteiger charge is 2.55. The normalized spacial score (nSPS) is 20.6. The van der Waals surface area contributed by atoms with Crippen molar-refractivity contribution >= 4 is 39.0 Å². The van der Waals surface area contributed by atoms with Gasteiger partial charge in [0.15, 0.2) is 0 Å². The molecule has 64 heavy (non-hydrogen) atoms. The third-order valence-electron chi connectivity index (χ3n) is 14.9. The van der Waals surface area contributed by atoms with Crippen LogP contribution in [0.1, 0.15) is 58.9 Å². The molecule has 1 aromatic heterocycles. The number of anilines is 3. The predicted molar refractivity (Wildman–Crippen MR) is 261 cm³/mol. The number of ether oxygens (including phenoxy) is 1. The monoisotopic (exact) mass is 821 g/mol. The molecule has 4 aliphatic carbocycles. The quantitative estimate of drug-likeness (QED) is 0.162. The summed E-state index contributed by atoms with van der Waals surface area (Å²) < 4.78 is 12.8. The highest BCUT2D eigenvalue weighted by Crippen LogP contribution is 2.66. The molecule has 0 fully saturated rings. The number of rotatable bonds is 5. The van der Waals surface area contributed by atoms with Crippen molar-refractivity contribution in [2.45, 2.75) is 42.6 Å². The lowest BCUT2D eigenvalue weighted by atomic mass is 9.68. The van der Waals surface area contributed by atoms with Crippen LogP contribution in [-0.2, 0) is 5.41 Å². The van der Waals surface area contributed by atoms with E-state index >= 15 is 0 Å². The van der Waals surface area contributed by atoms with Gasteiger partial charge in [-0.2, -0.15) is 0 Å². The Morgan fingerprint density at radius 2 is 1.20 bits per heavy atom. The van der Waals surface area contributed by atoms with E-state index in [2.05, 4.69) is 205 Å². The van der Waals surface area contributed by atoms with Crippen LogP contribution in [0, 0.1) is 0 Å². The summed E-state index contributed by atoms with van der Waals surface area (Å²) in [5.74, 6) is 1.57. The molecule has 0 saturated heterocycles. The van der Waals surface area contributed by atoms with Crippen molar-refractivity contribution < 1.29 is 9.15 Å². The van der Waals surface area contributed by atoms with Crippen molar-refractivity contribution in [1.82, 2.24) is 0 Å². The molecule has 0 radical (unpaired) electrons. The van der Waals surface area contributed by atoms with E-state index in [4.69, 9.17) is 9.15 Å². The first-order valence-corrected chi connectivity index (χ1v) is 22.8. The van der Waals surface area contributed by atoms with Gasteiger partial charge in [-0.3, -0.25) is 0 Å². The minimum absolute atomic E-state index is 0.0287. The first-order valence-electron chi connectivity index (χ1n) is 22.8. The lowest BCUT2D eigenvalue weighted by Gasteiger charge is -2.35. The van der Waals surface area contributed by atoms with E-state index in [0.29, 0.717) is 5.92 Å². The van der Waals surface area contributed by atoms with Crippen LogP contribution >= 0.6 is 0 Å². The molecule has 14 rings (SSSR count). The maximum absolute atomic E-state index is 6.45. The zero-order valence-corrected chi connectivity index (χ0v) is 35.2. The van der Waals surface area contributed by atoms with Crippen molar-refractivity contribution in [3.8, 4) is 39.1 Å². The third-order valence-corrected chi connectivity index (χ3v) is 14.9. The molecule has 3 nitrogen and oxygen atoms in total. The number of nitrogens with zero attached hydrogens (tertiary/aromatic N) is 1. The molecule has 0 N–H and O–H groups in total. The minimum atomic E-state index is -0.361. The van der Waals surface area contributed by atoms with Gasteiger partial charge < -0.3 is 14.1 Å². The summed E-state index contributed by atoms with van der Waals surface area (Å²) in [4.78, 5) is 2.53. The van der Waals surface area contributed by atoms with Gasteiger partial charge in [0, 0.05) is 45.0 Å². The zero-order chi connectivity index (χ0) is 41.9. The predicted octanol–water partition coefficient (Wildman–Crippen LogP) is 15.9. The largest absolute Gasteiger partial charge is 0.485 e. The molecule has 4 unspecified atom stereocenters. The molecule has 5 aliphatic rings. The Morgan fingerprint density at radius 1 is 0.516 bits per heavy atom. The first-order chi connectivity index (χ1) is 31.7. The summed E-state index contributed by atoms with van der Waals surface area (Å²) in [6.45, 7) is 0. The van der Waals surface area contributed by atoms with Gasteiger partial charge in [-0.15, -0.1) is 0 Å². The lowest BCUT2D eigenvalue weighted by Crippen LogP contribution is -2.28. The van der Waals surface area contributed by atoms with Gasteiger partial charge >= 0.3 is 0 Å². The van der Waals surface area contributed by atoms with Crippen LogP contribution in [0.25, 0.3) is 55.3 Å². The van der Waals surface area contributed by atoms with Crippen molar-refractivity contribution in [1.29, 1.82) is 0 Å². The molecule has 4 atom stereocenters. The Hall–Kier alpha value is -7.62. The Labute approximate surface area is 372 Å². The second-order valence-electron chi connectivity index (χ2n) is 18.1. The molecule has 0 saturated carbocycles. The van der Waals surface area contributed by atoms with E-state index in [1.807, 2.05) is 6.07 Å². The zero-order valence-electron chi connectivity index (χ0n) is 35.2. The Morgan fingerprint density at radius 3 is 2.08 bits per heavy atom. The van der Waals surface area contributed by atoms with Crippen LogP contribution in [0.5, 0.6) is 5.75 Å². The van der Waals surface area contributed by atoms with Crippen molar-refractivity contribution in [2.75, 3.05) is 4.90 Å². The summed E-state index contributed by atoms with van der Waals surface area (Å²) in [6.07, 6.45) is 14.8. The number of hydrogen-bond acceptors (Lipinski definition) is 3. The molecule has 1 spiro atoms. The van der Waals surface area contributed by atoms with Crippen molar-refractivity contribution in [2.24, 2.45) is 0 Å². The molecule has 9 aromatic rings. The topological polar surface area (TPSA) is 25.6 Å². The Kier molecular flexibility index (Phi) is 7.68. The second kappa shape index (κ2) is 13.7. The highest BCUT2D eigenvalue weighted by atomic mass is 16.5. The average Bonchev–Trinajstić information content (AvgIpc) is 4.09. The number of para-hydroxylation sites is 3. The summed E-state index contributed by atoms with van der Waals surface area (Å²) >= 11 is 0. The minimum Gasteiger partial charge on any atom is -0.485 e. The van der Waals surface area contributed by atoms with Gasteiger partial charge in [0.05, 0.1) is 16.8 Å². The van der Waals surface area contributed by atoms with Gasteiger partial charge in [-0.1, -0.05) is 146 Å². The second-order valence-corrected chi connectivity index (χ2v) is 18.1. The van der Waals surface area contributed by atoms with Crippen LogP contribution in [0.15, 0.2) is 216 Å². The first kappa shape index (κ1) is 35.9. The number of benzene rings is 8. The summed E-state index contributed by atoms with van der Waals surface area (Å²) in [5.41, 5.74) is 20.6.